The van der Waals surface area contributed by atoms with Gasteiger partial charge in [-0.25, -0.2) is 4.39 Å². The van der Waals surface area contributed by atoms with Crippen molar-refractivity contribution in [3.63, 3.8) is 0 Å². The van der Waals surface area contributed by atoms with Gasteiger partial charge in [0.25, 0.3) is 11.6 Å². The van der Waals surface area contributed by atoms with Crippen LogP contribution in [0, 0.1) is 15.9 Å². The zero-order valence-corrected chi connectivity index (χ0v) is 17.7. The Balaban J connectivity index is 1.36. The molecule has 0 spiro atoms. The normalized spacial score (nSPS) is 10.7. The zero-order valence-electron chi connectivity index (χ0n) is 16.9. The molecule has 0 unspecified atom stereocenters. The number of nitro benzene ring substituents is 1. The number of nitro groups is 1. The molecule has 0 aliphatic carbocycles. The van der Waals surface area contributed by atoms with Crippen molar-refractivity contribution in [3.8, 4) is 5.75 Å². The molecular weight excluding hydrogens is 455 g/mol. The standard InChI is InChI=1S/C22H16ClFN4O5/c23-18-7-5-16(28(30)31)9-21(18)32-13-17-6-8-20(33-17)22(29)26-15-10-25-27(12-15)11-14-3-1-2-4-19(14)24/h1-10,12H,11,13H2,(H,26,29). The largest absolute Gasteiger partial charge is 0.484 e. The Kier molecular flexibility index (Phi) is 6.36. The van der Waals surface area contributed by atoms with E-state index in [2.05, 4.69) is 10.4 Å². The van der Waals surface area contributed by atoms with Crippen molar-refractivity contribution in [1.82, 2.24) is 9.78 Å². The number of carbonyl (C=O) groups is 1. The Morgan fingerprint density at radius 1 is 1.24 bits per heavy atom. The van der Waals surface area contributed by atoms with Crippen LogP contribution in [0.25, 0.3) is 0 Å². The second-order valence-corrected chi connectivity index (χ2v) is 7.31. The van der Waals surface area contributed by atoms with E-state index in [4.69, 9.17) is 20.8 Å². The maximum atomic E-state index is 13.8. The van der Waals surface area contributed by atoms with E-state index in [0.717, 1.165) is 0 Å². The summed E-state index contributed by atoms with van der Waals surface area (Å²) in [6.45, 7) is 0.125. The predicted octanol–water partition coefficient (Wildman–Crippen LogP) is 5.06. The maximum absolute atomic E-state index is 13.8. The van der Waals surface area contributed by atoms with E-state index < -0.39 is 10.8 Å². The Bertz CT molecular complexity index is 1320. The van der Waals surface area contributed by atoms with Crippen LogP contribution in [-0.2, 0) is 13.2 Å². The Morgan fingerprint density at radius 2 is 2.06 bits per heavy atom. The number of rotatable bonds is 8. The summed E-state index contributed by atoms with van der Waals surface area (Å²) in [5.41, 5.74) is 0.719. The lowest BCUT2D eigenvalue weighted by Gasteiger charge is -2.06. The molecule has 168 valence electrons. The second kappa shape index (κ2) is 9.53. The molecule has 33 heavy (non-hydrogen) atoms. The van der Waals surface area contributed by atoms with Gasteiger partial charge in [-0.2, -0.15) is 5.10 Å². The topological polar surface area (TPSA) is 112 Å². The van der Waals surface area contributed by atoms with Crippen LogP contribution in [0.15, 0.2) is 71.4 Å². The number of halogens is 2. The zero-order chi connectivity index (χ0) is 23.4. The number of hydrogen-bond donors (Lipinski definition) is 1. The molecule has 0 aliphatic rings. The minimum Gasteiger partial charge on any atom is -0.484 e. The highest BCUT2D eigenvalue weighted by Crippen LogP contribution is 2.29. The number of nitrogens with zero attached hydrogens (tertiary/aromatic N) is 3. The van der Waals surface area contributed by atoms with Crippen LogP contribution in [0.5, 0.6) is 5.75 Å². The molecular formula is C22H16ClFN4O5. The quantitative estimate of drug-likeness (QED) is 0.284. The molecule has 11 heteroatoms. The van der Waals surface area contributed by atoms with E-state index in [0.29, 0.717) is 17.0 Å². The lowest BCUT2D eigenvalue weighted by molar-refractivity contribution is -0.384. The molecule has 0 saturated heterocycles. The summed E-state index contributed by atoms with van der Waals surface area (Å²) in [6.07, 6.45) is 3.01. The second-order valence-electron chi connectivity index (χ2n) is 6.90. The lowest BCUT2D eigenvalue weighted by atomic mass is 10.2. The Morgan fingerprint density at radius 3 is 2.85 bits per heavy atom. The number of nitrogens with one attached hydrogen (secondary N) is 1. The number of hydrogen-bond acceptors (Lipinski definition) is 6. The molecule has 4 rings (SSSR count). The van der Waals surface area contributed by atoms with Crippen LogP contribution < -0.4 is 10.1 Å². The minimum absolute atomic E-state index is 0.0283. The van der Waals surface area contributed by atoms with E-state index in [1.165, 1.54) is 41.2 Å². The monoisotopic (exact) mass is 470 g/mol. The summed E-state index contributed by atoms with van der Waals surface area (Å²) >= 11 is 6.00. The van der Waals surface area contributed by atoms with Crippen molar-refractivity contribution >= 4 is 28.9 Å². The molecule has 2 aromatic carbocycles. The summed E-state index contributed by atoms with van der Waals surface area (Å²) in [5.74, 6) is -0.385. The number of non-ortho nitro benzene ring substituents is 1. The van der Waals surface area contributed by atoms with E-state index in [1.807, 2.05) is 0 Å². The first-order chi connectivity index (χ1) is 15.9. The van der Waals surface area contributed by atoms with Crippen LogP contribution in [0.2, 0.25) is 5.02 Å². The fourth-order valence-electron chi connectivity index (χ4n) is 2.95. The highest BCUT2D eigenvalue weighted by molar-refractivity contribution is 6.32. The number of furan rings is 1. The fourth-order valence-corrected chi connectivity index (χ4v) is 3.12. The maximum Gasteiger partial charge on any atom is 0.291 e. The molecule has 1 amide bonds. The molecule has 0 aliphatic heterocycles. The predicted molar refractivity (Wildman–Crippen MR) is 117 cm³/mol. The smallest absolute Gasteiger partial charge is 0.291 e. The third kappa shape index (κ3) is 5.36. The summed E-state index contributed by atoms with van der Waals surface area (Å²) in [5, 5.41) is 17.9. The third-order valence-corrected chi connectivity index (χ3v) is 4.87. The van der Waals surface area contributed by atoms with E-state index in [-0.39, 0.29) is 41.2 Å². The molecule has 0 bridgehead atoms. The van der Waals surface area contributed by atoms with Crippen molar-refractivity contribution in [2.45, 2.75) is 13.2 Å². The van der Waals surface area contributed by atoms with Crippen LogP contribution >= 0.6 is 11.6 Å². The molecule has 1 N–H and O–H groups in total. The van der Waals surface area contributed by atoms with E-state index in [1.54, 1.807) is 30.5 Å². The van der Waals surface area contributed by atoms with Crippen molar-refractivity contribution in [2.24, 2.45) is 0 Å². The molecule has 2 aromatic heterocycles. The highest BCUT2D eigenvalue weighted by atomic mass is 35.5. The molecule has 0 saturated carbocycles. The van der Waals surface area contributed by atoms with Crippen molar-refractivity contribution in [2.75, 3.05) is 5.32 Å². The van der Waals surface area contributed by atoms with Crippen LogP contribution in [0.1, 0.15) is 21.9 Å². The number of ether oxygens (including phenoxy) is 1. The van der Waals surface area contributed by atoms with Gasteiger partial charge in [-0.1, -0.05) is 29.8 Å². The first kappa shape index (κ1) is 22.0. The van der Waals surface area contributed by atoms with Crippen LogP contribution in [0.4, 0.5) is 15.8 Å². The van der Waals surface area contributed by atoms with Gasteiger partial charge < -0.3 is 14.5 Å². The van der Waals surface area contributed by atoms with Gasteiger partial charge in [-0.15, -0.1) is 0 Å². The average molecular weight is 471 g/mol. The number of amides is 1. The summed E-state index contributed by atoms with van der Waals surface area (Å²) < 4.78 is 26.3. The van der Waals surface area contributed by atoms with Gasteiger partial charge >= 0.3 is 0 Å². The summed E-state index contributed by atoms with van der Waals surface area (Å²) in [7, 11) is 0. The van der Waals surface area contributed by atoms with E-state index >= 15 is 0 Å². The molecule has 0 atom stereocenters. The summed E-state index contributed by atoms with van der Waals surface area (Å²) in [6, 6.07) is 13.2. The molecule has 9 nitrogen and oxygen atoms in total. The number of benzene rings is 2. The average Bonchev–Trinajstić information content (AvgIpc) is 3.44. The molecule has 0 radical (unpaired) electrons. The van der Waals surface area contributed by atoms with Gasteiger partial charge in [0.15, 0.2) is 5.76 Å². The van der Waals surface area contributed by atoms with Gasteiger partial charge in [0.1, 0.15) is 23.9 Å². The van der Waals surface area contributed by atoms with Crippen LogP contribution in [0.3, 0.4) is 0 Å². The van der Waals surface area contributed by atoms with Gasteiger partial charge in [0.05, 0.1) is 34.4 Å². The minimum atomic E-state index is -0.559. The van der Waals surface area contributed by atoms with Gasteiger partial charge in [0.2, 0.25) is 0 Å². The third-order valence-electron chi connectivity index (χ3n) is 4.56. The van der Waals surface area contributed by atoms with Crippen molar-refractivity contribution in [1.29, 1.82) is 0 Å². The lowest BCUT2D eigenvalue weighted by Crippen LogP contribution is -2.10. The van der Waals surface area contributed by atoms with Gasteiger partial charge in [0, 0.05) is 17.8 Å². The van der Waals surface area contributed by atoms with Crippen LogP contribution in [-0.4, -0.2) is 20.6 Å². The van der Waals surface area contributed by atoms with E-state index in [9.17, 15) is 19.3 Å². The van der Waals surface area contributed by atoms with Gasteiger partial charge in [-0.3, -0.25) is 19.6 Å². The molecule has 2 heterocycles. The number of aromatic nitrogens is 2. The van der Waals surface area contributed by atoms with Crippen molar-refractivity contribution < 1.29 is 23.3 Å². The fraction of sp³-hybridized carbons (Fsp3) is 0.0909. The first-order valence-electron chi connectivity index (χ1n) is 9.62. The molecule has 0 fully saturated rings. The highest BCUT2D eigenvalue weighted by Gasteiger charge is 2.15. The molecule has 4 aromatic rings. The summed E-state index contributed by atoms with van der Waals surface area (Å²) in [4.78, 5) is 22.8. The SMILES string of the molecule is O=C(Nc1cnn(Cc2ccccc2F)c1)c1ccc(COc2cc([N+](=O)[O-])ccc2Cl)o1. The van der Waals surface area contributed by atoms with Gasteiger partial charge in [-0.05, 0) is 24.3 Å². The first-order valence-corrected chi connectivity index (χ1v) is 9.99. The number of anilines is 1. The number of carbonyl (C=O) groups excluding carboxylic acids is 1. The Labute approximate surface area is 191 Å². The Hall–Kier alpha value is -4.18. The van der Waals surface area contributed by atoms with Crippen molar-refractivity contribution in [3.05, 3.63) is 105 Å².